The number of thioether (sulfide) groups is 1. The Morgan fingerprint density at radius 3 is 2.33 bits per heavy atom. The molecule has 6 nitrogen and oxygen atoms in total. The van der Waals surface area contributed by atoms with Gasteiger partial charge in [0.15, 0.2) is 11.0 Å². The highest BCUT2D eigenvalue weighted by molar-refractivity contribution is 8.27. The number of aliphatic imine (C=N–C) groups is 2. The third-order valence-electron chi connectivity index (χ3n) is 3.92. The standard InChI is InChI=1S/C21H19Cl2N5OS/c1-11(2)25-20-18(19(24)26-14-9-7-13(8-10-14)12(3)29)28-21(30-20)27-17-15(22)5-4-6-16(17)23/h4-10,26H,1,24H2,2-3H3,(H,27,28)/b19-18-,25-20+. The molecule has 1 heterocycles. The minimum atomic E-state index is -0.00510. The van der Waals surface area contributed by atoms with E-state index in [2.05, 4.69) is 27.2 Å². The van der Waals surface area contributed by atoms with Crippen LogP contribution in [0.5, 0.6) is 0 Å². The fourth-order valence-corrected chi connectivity index (χ4v) is 3.94. The average Bonchev–Trinajstić information content (AvgIpc) is 3.07. The van der Waals surface area contributed by atoms with Crippen LogP contribution in [-0.4, -0.2) is 16.0 Å². The number of halogens is 2. The van der Waals surface area contributed by atoms with E-state index in [1.807, 2.05) is 0 Å². The monoisotopic (exact) mass is 459 g/mol. The predicted molar refractivity (Wildman–Crippen MR) is 129 cm³/mol. The van der Waals surface area contributed by atoms with Gasteiger partial charge in [0.1, 0.15) is 16.6 Å². The van der Waals surface area contributed by atoms with Crippen molar-refractivity contribution in [3.8, 4) is 0 Å². The molecule has 0 radical (unpaired) electrons. The van der Waals surface area contributed by atoms with Gasteiger partial charge in [-0.3, -0.25) is 4.79 Å². The summed E-state index contributed by atoms with van der Waals surface area (Å²) in [5.41, 5.74) is 9.24. The number of Topliss-reactive ketones (excluding diaryl/α,β-unsaturated/α-hetero) is 1. The molecule has 0 bridgehead atoms. The maximum atomic E-state index is 11.4. The minimum absolute atomic E-state index is 0.00510. The zero-order valence-electron chi connectivity index (χ0n) is 16.3. The summed E-state index contributed by atoms with van der Waals surface area (Å²) in [6.45, 7) is 7.13. The Labute approximate surface area is 189 Å². The molecule has 0 saturated heterocycles. The SMILES string of the molecule is C=C(C)/N=C1/SC(Nc2c(Cl)cccc2Cl)=N/C1=C(/N)Nc1ccc(C(C)=O)cc1. The first kappa shape index (κ1) is 22.0. The van der Waals surface area contributed by atoms with Gasteiger partial charge in [0.25, 0.3) is 0 Å². The van der Waals surface area contributed by atoms with E-state index in [9.17, 15) is 4.79 Å². The Morgan fingerprint density at radius 2 is 1.77 bits per heavy atom. The number of para-hydroxylation sites is 1. The summed E-state index contributed by atoms with van der Waals surface area (Å²) in [5.74, 6) is 0.301. The van der Waals surface area contributed by atoms with Crippen molar-refractivity contribution in [2.75, 3.05) is 10.6 Å². The number of carbonyl (C=O) groups excluding carboxylic acids is 1. The summed E-state index contributed by atoms with van der Waals surface area (Å²) in [6.07, 6.45) is 0. The van der Waals surface area contributed by atoms with Crippen LogP contribution in [0, 0.1) is 0 Å². The number of nitrogens with two attached hydrogens (primary N) is 1. The second-order valence-corrected chi connectivity index (χ2v) is 8.21. The van der Waals surface area contributed by atoms with Crippen LogP contribution in [-0.2, 0) is 0 Å². The molecule has 0 spiro atoms. The number of nitrogens with one attached hydrogen (secondary N) is 2. The van der Waals surface area contributed by atoms with Crippen molar-refractivity contribution < 1.29 is 4.79 Å². The zero-order valence-corrected chi connectivity index (χ0v) is 18.6. The summed E-state index contributed by atoms with van der Waals surface area (Å²) in [4.78, 5) is 20.4. The first-order valence-electron chi connectivity index (χ1n) is 8.84. The van der Waals surface area contributed by atoms with Gasteiger partial charge < -0.3 is 16.4 Å². The van der Waals surface area contributed by atoms with E-state index >= 15 is 0 Å². The van der Waals surface area contributed by atoms with Crippen LogP contribution in [0.1, 0.15) is 24.2 Å². The molecule has 2 aromatic carbocycles. The van der Waals surface area contributed by atoms with Crippen LogP contribution in [0.3, 0.4) is 0 Å². The number of allylic oxidation sites excluding steroid dienone is 1. The van der Waals surface area contributed by atoms with Gasteiger partial charge in [-0.15, -0.1) is 0 Å². The number of hydrogen-bond donors (Lipinski definition) is 3. The highest BCUT2D eigenvalue weighted by Gasteiger charge is 2.24. The van der Waals surface area contributed by atoms with E-state index in [4.69, 9.17) is 28.9 Å². The van der Waals surface area contributed by atoms with E-state index in [1.165, 1.54) is 18.7 Å². The third kappa shape index (κ3) is 5.24. The lowest BCUT2D eigenvalue weighted by molar-refractivity contribution is 0.101. The van der Waals surface area contributed by atoms with Crippen molar-refractivity contribution >= 4 is 62.3 Å². The maximum Gasteiger partial charge on any atom is 0.172 e. The van der Waals surface area contributed by atoms with E-state index in [-0.39, 0.29) is 5.78 Å². The average molecular weight is 460 g/mol. The van der Waals surface area contributed by atoms with E-state index in [0.29, 0.717) is 48.7 Å². The quantitative estimate of drug-likeness (QED) is 0.485. The molecule has 154 valence electrons. The minimum Gasteiger partial charge on any atom is -0.383 e. The number of anilines is 2. The van der Waals surface area contributed by atoms with Gasteiger partial charge in [-0.1, -0.05) is 35.8 Å². The van der Waals surface area contributed by atoms with Crippen molar-refractivity contribution in [2.45, 2.75) is 13.8 Å². The van der Waals surface area contributed by atoms with Gasteiger partial charge in [-0.25, -0.2) is 9.98 Å². The summed E-state index contributed by atoms with van der Waals surface area (Å²) in [5, 5.41) is 8.28. The smallest absolute Gasteiger partial charge is 0.172 e. The van der Waals surface area contributed by atoms with Gasteiger partial charge in [-0.05, 0) is 62.0 Å². The highest BCUT2D eigenvalue weighted by atomic mass is 35.5. The van der Waals surface area contributed by atoms with Crippen LogP contribution >= 0.6 is 35.0 Å². The lowest BCUT2D eigenvalue weighted by atomic mass is 10.1. The Balaban J connectivity index is 1.91. The molecular weight excluding hydrogens is 441 g/mol. The molecule has 0 atom stereocenters. The summed E-state index contributed by atoms with van der Waals surface area (Å²) >= 11 is 13.8. The molecule has 1 aliphatic rings. The number of rotatable bonds is 5. The molecule has 0 unspecified atom stereocenters. The van der Waals surface area contributed by atoms with Crippen molar-refractivity contribution in [2.24, 2.45) is 15.7 Å². The van der Waals surface area contributed by atoms with Crippen LogP contribution in [0.15, 0.2) is 76.2 Å². The van der Waals surface area contributed by atoms with Crippen LogP contribution in [0.25, 0.3) is 0 Å². The van der Waals surface area contributed by atoms with Gasteiger partial charge >= 0.3 is 0 Å². The lowest BCUT2D eigenvalue weighted by Crippen LogP contribution is -2.14. The Morgan fingerprint density at radius 1 is 1.13 bits per heavy atom. The number of amidine groups is 1. The third-order valence-corrected chi connectivity index (χ3v) is 5.42. The molecule has 0 aliphatic carbocycles. The van der Waals surface area contributed by atoms with Crippen LogP contribution < -0.4 is 16.4 Å². The maximum absolute atomic E-state index is 11.4. The van der Waals surface area contributed by atoms with E-state index in [0.717, 1.165) is 5.69 Å². The molecule has 2 aromatic rings. The normalized spacial score (nSPS) is 16.3. The Kier molecular flexibility index (Phi) is 6.87. The number of hydrogen-bond acceptors (Lipinski definition) is 7. The van der Waals surface area contributed by atoms with E-state index in [1.54, 1.807) is 49.4 Å². The number of benzene rings is 2. The fourth-order valence-electron chi connectivity index (χ4n) is 2.52. The molecule has 30 heavy (non-hydrogen) atoms. The predicted octanol–water partition coefficient (Wildman–Crippen LogP) is 5.88. The van der Waals surface area contributed by atoms with Crippen molar-refractivity contribution in [3.05, 3.63) is 81.9 Å². The number of carbonyl (C=O) groups is 1. The second kappa shape index (κ2) is 9.38. The Bertz CT molecular complexity index is 1090. The summed E-state index contributed by atoms with van der Waals surface area (Å²) in [7, 11) is 0. The van der Waals surface area contributed by atoms with Crippen LogP contribution in [0.2, 0.25) is 10.0 Å². The molecule has 0 aromatic heterocycles. The number of ketones is 1. The largest absolute Gasteiger partial charge is 0.383 e. The van der Waals surface area contributed by atoms with Gasteiger partial charge in [0.2, 0.25) is 0 Å². The van der Waals surface area contributed by atoms with Crippen molar-refractivity contribution in [3.63, 3.8) is 0 Å². The second-order valence-electron chi connectivity index (χ2n) is 6.41. The lowest BCUT2D eigenvalue weighted by Gasteiger charge is -2.09. The van der Waals surface area contributed by atoms with E-state index < -0.39 is 0 Å². The molecule has 0 amide bonds. The number of nitrogens with zero attached hydrogens (tertiary/aromatic N) is 2. The topological polar surface area (TPSA) is 91.9 Å². The Hall–Kier alpha value is -2.74. The molecule has 9 heteroatoms. The molecule has 0 saturated carbocycles. The first-order valence-corrected chi connectivity index (χ1v) is 10.4. The summed E-state index contributed by atoms with van der Waals surface area (Å²) < 4.78 is 0. The molecule has 1 aliphatic heterocycles. The van der Waals surface area contributed by atoms with Crippen molar-refractivity contribution in [1.29, 1.82) is 0 Å². The molecule has 0 fully saturated rings. The van der Waals surface area contributed by atoms with Crippen molar-refractivity contribution in [1.82, 2.24) is 0 Å². The molecule has 4 N–H and O–H groups in total. The van der Waals surface area contributed by atoms with Gasteiger partial charge in [0, 0.05) is 16.9 Å². The summed E-state index contributed by atoms with van der Waals surface area (Å²) in [6, 6.07) is 12.2. The van der Waals surface area contributed by atoms with Crippen LogP contribution in [0.4, 0.5) is 11.4 Å². The molecule has 3 rings (SSSR count). The fraction of sp³-hybridized carbons (Fsp3) is 0.0952. The first-order chi connectivity index (χ1) is 14.2. The van der Waals surface area contributed by atoms with Gasteiger partial charge in [-0.2, -0.15) is 0 Å². The highest BCUT2D eigenvalue weighted by Crippen LogP contribution is 2.34. The molecular formula is C21H19Cl2N5OS. The van der Waals surface area contributed by atoms with Gasteiger partial charge in [0.05, 0.1) is 15.7 Å². The zero-order chi connectivity index (χ0) is 21.8.